The molecular formula is C16H21F3N2O3. The fourth-order valence-corrected chi connectivity index (χ4v) is 1.90. The molecule has 2 amide bonds. The molecule has 2 N–H and O–H groups in total. The number of nitrogens with one attached hydrogen (secondary N) is 2. The molecule has 24 heavy (non-hydrogen) atoms. The number of halogens is 3. The van der Waals surface area contributed by atoms with Gasteiger partial charge in [0, 0.05) is 6.42 Å². The molecular weight excluding hydrogens is 325 g/mol. The van der Waals surface area contributed by atoms with Crippen LogP contribution < -0.4 is 15.4 Å². The maximum atomic E-state index is 12.0. The summed E-state index contributed by atoms with van der Waals surface area (Å²) < 4.78 is 41.4. The molecule has 1 rings (SSSR count). The normalized spacial score (nSPS) is 12.4. The van der Waals surface area contributed by atoms with E-state index in [9.17, 15) is 22.8 Å². The SMILES string of the molecule is CCOc1ccc(CCC(=O)N[C@H](C)C(=O)NCC(F)(F)F)cc1. The molecule has 0 aliphatic carbocycles. The van der Waals surface area contributed by atoms with Crippen LogP contribution in [0.5, 0.6) is 5.75 Å². The van der Waals surface area contributed by atoms with Crippen molar-refractivity contribution in [3.8, 4) is 5.75 Å². The molecule has 0 saturated carbocycles. The molecule has 0 aliphatic heterocycles. The molecule has 0 unspecified atom stereocenters. The average Bonchev–Trinajstić information content (AvgIpc) is 2.51. The monoisotopic (exact) mass is 346 g/mol. The fraction of sp³-hybridized carbons (Fsp3) is 0.500. The van der Waals surface area contributed by atoms with Gasteiger partial charge in [-0.05, 0) is 38.0 Å². The first-order valence-electron chi connectivity index (χ1n) is 7.57. The lowest BCUT2D eigenvalue weighted by Gasteiger charge is -2.15. The third-order valence-electron chi connectivity index (χ3n) is 3.11. The van der Waals surface area contributed by atoms with Crippen molar-refractivity contribution in [3.63, 3.8) is 0 Å². The molecule has 0 radical (unpaired) electrons. The molecule has 0 aromatic heterocycles. The summed E-state index contributed by atoms with van der Waals surface area (Å²) in [6.45, 7) is 2.36. The van der Waals surface area contributed by atoms with E-state index in [-0.39, 0.29) is 6.42 Å². The van der Waals surface area contributed by atoms with Gasteiger partial charge in [0.05, 0.1) is 6.61 Å². The first-order valence-corrected chi connectivity index (χ1v) is 7.57. The van der Waals surface area contributed by atoms with Crippen molar-refractivity contribution in [1.82, 2.24) is 10.6 Å². The largest absolute Gasteiger partial charge is 0.494 e. The number of carbonyl (C=O) groups excluding carboxylic acids is 2. The van der Waals surface area contributed by atoms with E-state index in [0.717, 1.165) is 11.3 Å². The highest BCUT2D eigenvalue weighted by molar-refractivity contribution is 5.87. The second-order valence-electron chi connectivity index (χ2n) is 5.20. The number of amides is 2. The van der Waals surface area contributed by atoms with Gasteiger partial charge in [0.15, 0.2) is 0 Å². The molecule has 0 spiro atoms. The quantitative estimate of drug-likeness (QED) is 0.758. The summed E-state index contributed by atoms with van der Waals surface area (Å²) in [6, 6.07) is 6.23. The van der Waals surface area contributed by atoms with Crippen LogP contribution in [0, 0.1) is 0 Å². The predicted molar refractivity (Wildman–Crippen MR) is 82.6 cm³/mol. The van der Waals surface area contributed by atoms with E-state index < -0.39 is 30.6 Å². The van der Waals surface area contributed by atoms with E-state index in [0.29, 0.717) is 13.0 Å². The Hall–Kier alpha value is -2.25. The summed E-state index contributed by atoms with van der Waals surface area (Å²) in [5.41, 5.74) is 0.919. The first-order chi connectivity index (χ1) is 11.2. The number of carbonyl (C=O) groups is 2. The van der Waals surface area contributed by atoms with Crippen LogP contribution in [0.25, 0.3) is 0 Å². The van der Waals surface area contributed by atoms with Crippen molar-refractivity contribution in [2.24, 2.45) is 0 Å². The summed E-state index contributed by atoms with van der Waals surface area (Å²) in [4.78, 5) is 23.2. The Morgan fingerprint density at radius 3 is 2.38 bits per heavy atom. The van der Waals surface area contributed by atoms with Crippen molar-refractivity contribution in [2.45, 2.75) is 38.9 Å². The molecule has 1 atom stereocenters. The van der Waals surface area contributed by atoms with Crippen LogP contribution in [-0.4, -0.2) is 37.2 Å². The lowest BCUT2D eigenvalue weighted by atomic mass is 10.1. The van der Waals surface area contributed by atoms with Gasteiger partial charge in [0.25, 0.3) is 0 Å². The van der Waals surface area contributed by atoms with Crippen LogP contribution in [0.4, 0.5) is 13.2 Å². The van der Waals surface area contributed by atoms with E-state index in [2.05, 4.69) is 5.32 Å². The van der Waals surface area contributed by atoms with Crippen LogP contribution in [0.3, 0.4) is 0 Å². The molecule has 0 bridgehead atoms. The average molecular weight is 346 g/mol. The van der Waals surface area contributed by atoms with E-state index >= 15 is 0 Å². The second-order valence-corrected chi connectivity index (χ2v) is 5.20. The molecule has 8 heteroatoms. The summed E-state index contributed by atoms with van der Waals surface area (Å²) in [6.07, 6.45) is -3.90. The highest BCUT2D eigenvalue weighted by Crippen LogP contribution is 2.13. The minimum absolute atomic E-state index is 0.130. The lowest BCUT2D eigenvalue weighted by molar-refractivity contribution is -0.140. The van der Waals surface area contributed by atoms with Crippen LogP contribution in [0.2, 0.25) is 0 Å². The number of hydrogen-bond acceptors (Lipinski definition) is 3. The molecule has 0 heterocycles. The summed E-state index contributed by atoms with van der Waals surface area (Å²) in [5, 5.41) is 4.10. The summed E-state index contributed by atoms with van der Waals surface area (Å²) in [5.74, 6) is -0.541. The van der Waals surface area contributed by atoms with Crippen LogP contribution in [-0.2, 0) is 16.0 Å². The van der Waals surface area contributed by atoms with Crippen molar-refractivity contribution >= 4 is 11.8 Å². The third kappa shape index (κ3) is 7.85. The van der Waals surface area contributed by atoms with Gasteiger partial charge in [0.2, 0.25) is 11.8 Å². The molecule has 0 saturated heterocycles. The topological polar surface area (TPSA) is 67.4 Å². The standard InChI is InChI=1S/C16H21F3N2O3/c1-3-24-13-7-4-12(5-8-13)6-9-14(22)21-11(2)15(23)20-10-16(17,18)19/h4-5,7-8,11H,3,6,9-10H2,1-2H3,(H,20,23)(H,21,22)/t11-/m1/s1. The van der Waals surface area contributed by atoms with Crippen molar-refractivity contribution < 1.29 is 27.5 Å². The molecule has 1 aromatic rings. The maximum absolute atomic E-state index is 12.0. The zero-order valence-corrected chi connectivity index (χ0v) is 13.6. The molecule has 1 aromatic carbocycles. The Labute approximate surface area is 138 Å². The van der Waals surface area contributed by atoms with Crippen LogP contribution in [0.15, 0.2) is 24.3 Å². The van der Waals surface area contributed by atoms with Crippen molar-refractivity contribution in [3.05, 3.63) is 29.8 Å². The highest BCUT2D eigenvalue weighted by atomic mass is 19.4. The number of alkyl halides is 3. The van der Waals surface area contributed by atoms with Gasteiger partial charge in [-0.25, -0.2) is 0 Å². The third-order valence-corrected chi connectivity index (χ3v) is 3.11. The number of hydrogen-bond donors (Lipinski definition) is 2. The van der Waals surface area contributed by atoms with Crippen LogP contribution in [0.1, 0.15) is 25.8 Å². The van der Waals surface area contributed by atoms with Gasteiger partial charge in [-0.15, -0.1) is 0 Å². The Morgan fingerprint density at radius 2 is 1.83 bits per heavy atom. The van der Waals surface area contributed by atoms with Crippen LogP contribution >= 0.6 is 0 Å². The summed E-state index contributed by atoms with van der Waals surface area (Å²) in [7, 11) is 0. The molecule has 0 fully saturated rings. The van der Waals surface area contributed by atoms with Gasteiger partial charge in [-0.1, -0.05) is 12.1 Å². The minimum atomic E-state index is -4.48. The van der Waals surface area contributed by atoms with E-state index in [1.165, 1.54) is 6.92 Å². The van der Waals surface area contributed by atoms with Gasteiger partial charge in [-0.2, -0.15) is 13.2 Å². The van der Waals surface area contributed by atoms with Crippen molar-refractivity contribution in [2.75, 3.05) is 13.2 Å². The second kappa shape index (κ2) is 9.14. The first kappa shape index (κ1) is 19.8. The predicted octanol–water partition coefficient (Wildman–Crippen LogP) is 2.20. The fourth-order valence-electron chi connectivity index (χ4n) is 1.90. The van der Waals surface area contributed by atoms with Crippen molar-refractivity contribution in [1.29, 1.82) is 0 Å². The number of ether oxygens (including phenoxy) is 1. The van der Waals surface area contributed by atoms with Gasteiger partial charge in [-0.3, -0.25) is 9.59 Å². The zero-order chi connectivity index (χ0) is 18.2. The molecule has 5 nitrogen and oxygen atoms in total. The maximum Gasteiger partial charge on any atom is 0.405 e. The van der Waals surface area contributed by atoms with Gasteiger partial charge >= 0.3 is 6.18 Å². The number of aryl methyl sites for hydroxylation is 1. The Bertz CT molecular complexity index is 544. The van der Waals surface area contributed by atoms with E-state index in [4.69, 9.17) is 4.74 Å². The van der Waals surface area contributed by atoms with Gasteiger partial charge in [0.1, 0.15) is 18.3 Å². The number of benzene rings is 1. The Morgan fingerprint density at radius 1 is 1.21 bits per heavy atom. The highest BCUT2D eigenvalue weighted by Gasteiger charge is 2.28. The lowest BCUT2D eigenvalue weighted by Crippen LogP contribution is -2.47. The number of rotatable bonds is 8. The minimum Gasteiger partial charge on any atom is -0.494 e. The molecule has 0 aliphatic rings. The Kier molecular flexibility index (Phi) is 7.54. The smallest absolute Gasteiger partial charge is 0.405 e. The van der Waals surface area contributed by atoms with E-state index in [1.54, 1.807) is 17.4 Å². The molecule has 134 valence electrons. The zero-order valence-electron chi connectivity index (χ0n) is 13.6. The Balaban J connectivity index is 2.35. The van der Waals surface area contributed by atoms with E-state index in [1.807, 2.05) is 19.1 Å². The van der Waals surface area contributed by atoms with Gasteiger partial charge < -0.3 is 15.4 Å². The summed E-state index contributed by atoms with van der Waals surface area (Å²) >= 11 is 0.